The second-order valence-electron chi connectivity index (χ2n) is 5.00. The van der Waals surface area contributed by atoms with Crippen LogP contribution in [0.25, 0.3) is 11.1 Å². The van der Waals surface area contributed by atoms with Crippen LogP contribution in [0.4, 0.5) is 0 Å². The van der Waals surface area contributed by atoms with Crippen LogP contribution in [-0.4, -0.2) is 10.5 Å². The molecule has 0 aliphatic carbocycles. The number of nitrogens with two attached hydrogens (primary N) is 1. The van der Waals surface area contributed by atoms with Crippen molar-refractivity contribution in [2.24, 2.45) is 5.73 Å². The van der Waals surface area contributed by atoms with Crippen molar-refractivity contribution in [2.45, 2.75) is 38.6 Å². The minimum Gasteiger partial charge on any atom is -0.443 e. The van der Waals surface area contributed by atoms with Crippen LogP contribution in [0.5, 0.6) is 0 Å². The molecule has 1 aromatic heterocycles. The first-order valence-electron chi connectivity index (χ1n) is 5.66. The average Bonchev–Trinajstić information content (AvgIpc) is 2.62. The van der Waals surface area contributed by atoms with Crippen molar-refractivity contribution in [3.8, 4) is 0 Å². The number of hydrogen-bond donors (Lipinski definition) is 1. The van der Waals surface area contributed by atoms with Crippen LogP contribution < -0.4 is 5.73 Å². The number of benzene rings is 1. The molecule has 2 N–H and O–H groups in total. The summed E-state index contributed by atoms with van der Waals surface area (Å²) in [6, 6.07) is 6.17. The summed E-state index contributed by atoms with van der Waals surface area (Å²) in [5, 5.41) is 0. The van der Waals surface area contributed by atoms with E-state index in [1.54, 1.807) is 0 Å². The fourth-order valence-corrected chi connectivity index (χ4v) is 1.80. The van der Waals surface area contributed by atoms with E-state index in [-0.39, 0.29) is 5.54 Å². The summed E-state index contributed by atoms with van der Waals surface area (Å²) in [6.07, 6.45) is 4.65. The van der Waals surface area contributed by atoms with Crippen molar-refractivity contribution in [1.82, 2.24) is 4.98 Å². The fourth-order valence-electron chi connectivity index (χ4n) is 1.80. The standard InChI is InChI=1S/C13H18N2O/c1-13(2,14)7-3-4-10-5-6-11-12(8-10)16-9-15-11/h5-6,8-9H,3-4,7,14H2,1-2H3. The summed E-state index contributed by atoms with van der Waals surface area (Å²) in [5.74, 6) is 0. The molecule has 86 valence electrons. The molecule has 3 nitrogen and oxygen atoms in total. The van der Waals surface area contributed by atoms with Crippen LogP contribution >= 0.6 is 0 Å². The molecule has 0 aliphatic heterocycles. The summed E-state index contributed by atoms with van der Waals surface area (Å²) < 4.78 is 5.27. The van der Waals surface area contributed by atoms with Crippen molar-refractivity contribution in [3.05, 3.63) is 30.2 Å². The van der Waals surface area contributed by atoms with Crippen LogP contribution in [0.15, 0.2) is 29.0 Å². The molecule has 0 bridgehead atoms. The molecule has 0 fully saturated rings. The number of aryl methyl sites for hydroxylation is 1. The maximum atomic E-state index is 5.95. The van der Waals surface area contributed by atoms with Crippen molar-refractivity contribution < 1.29 is 4.42 Å². The Labute approximate surface area is 95.7 Å². The summed E-state index contributed by atoms with van der Waals surface area (Å²) in [5.41, 5.74) is 8.94. The molecule has 2 aromatic rings. The highest BCUT2D eigenvalue weighted by Crippen LogP contribution is 2.17. The smallest absolute Gasteiger partial charge is 0.181 e. The lowest BCUT2D eigenvalue weighted by Gasteiger charge is -2.17. The molecule has 0 saturated heterocycles. The first-order chi connectivity index (χ1) is 7.54. The van der Waals surface area contributed by atoms with Crippen LogP contribution in [-0.2, 0) is 6.42 Å². The normalized spacial score (nSPS) is 12.2. The van der Waals surface area contributed by atoms with Gasteiger partial charge in [0.15, 0.2) is 12.0 Å². The van der Waals surface area contributed by atoms with E-state index in [4.69, 9.17) is 10.2 Å². The first kappa shape index (κ1) is 11.1. The van der Waals surface area contributed by atoms with Gasteiger partial charge in [0.25, 0.3) is 0 Å². The summed E-state index contributed by atoms with van der Waals surface area (Å²) in [6.45, 7) is 4.12. The minimum absolute atomic E-state index is 0.0731. The SMILES string of the molecule is CC(C)(N)CCCc1ccc2ncoc2c1. The number of oxazole rings is 1. The van der Waals surface area contributed by atoms with E-state index >= 15 is 0 Å². The first-order valence-corrected chi connectivity index (χ1v) is 5.66. The highest BCUT2D eigenvalue weighted by atomic mass is 16.3. The van der Waals surface area contributed by atoms with Crippen LogP contribution in [0.1, 0.15) is 32.3 Å². The lowest BCUT2D eigenvalue weighted by molar-refractivity contribution is 0.459. The molecule has 3 heteroatoms. The molecule has 0 atom stereocenters. The van der Waals surface area contributed by atoms with Crippen molar-refractivity contribution in [3.63, 3.8) is 0 Å². The largest absolute Gasteiger partial charge is 0.443 e. The Morgan fingerprint density at radius 1 is 1.38 bits per heavy atom. The van der Waals surface area contributed by atoms with Gasteiger partial charge < -0.3 is 10.2 Å². The molecule has 2 rings (SSSR count). The third-order valence-corrected chi connectivity index (χ3v) is 2.68. The van der Waals surface area contributed by atoms with Crippen molar-refractivity contribution in [2.75, 3.05) is 0 Å². The van der Waals surface area contributed by atoms with Gasteiger partial charge in [0.1, 0.15) is 5.52 Å². The molecule has 0 unspecified atom stereocenters. The predicted molar refractivity (Wildman–Crippen MR) is 65.2 cm³/mol. The van der Waals surface area contributed by atoms with Gasteiger partial charge in [0.05, 0.1) is 0 Å². The molecule has 0 amide bonds. The van der Waals surface area contributed by atoms with E-state index < -0.39 is 0 Å². The number of aromatic nitrogens is 1. The summed E-state index contributed by atoms with van der Waals surface area (Å²) in [7, 11) is 0. The highest BCUT2D eigenvalue weighted by Gasteiger charge is 2.09. The van der Waals surface area contributed by atoms with E-state index in [1.807, 2.05) is 6.07 Å². The van der Waals surface area contributed by atoms with E-state index in [9.17, 15) is 0 Å². The Hall–Kier alpha value is -1.35. The summed E-state index contributed by atoms with van der Waals surface area (Å²) in [4.78, 5) is 4.09. The van der Waals surface area contributed by atoms with Crippen molar-refractivity contribution >= 4 is 11.1 Å². The maximum absolute atomic E-state index is 5.95. The second kappa shape index (κ2) is 4.26. The number of hydrogen-bond acceptors (Lipinski definition) is 3. The Kier molecular flexibility index (Phi) is 2.97. The Bertz CT molecular complexity index is 468. The molecular weight excluding hydrogens is 200 g/mol. The van der Waals surface area contributed by atoms with Gasteiger partial charge in [-0.3, -0.25) is 0 Å². The van der Waals surface area contributed by atoms with Gasteiger partial charge in [-0.05, 0) is 50.8 Å². The van der Waals surface area contributed by atoms with Gasteiger partial charge in [-0.1, -0.05) is 6.07 Å². The molecule has 1 heterocycles. The zero-order valence-electron chi connectivity index (χ0n) is 9.86. The van der Waals surface area contributed by atoms with Gasteiger partial charge in [-0.15, -0.1) is 0 Å². The van der Waals surface area contributed by atoms with Crippen LogP contribution in [0.3, 0.4) is 0 Å². The topological polar surface area (TPSA) is 52.0 Å². The molecule has 0 radical (unpaired) electrons. The molecular formula is C13H18N2O. The van der Waals surface area contributed by atoms with Gasteiger partial charge in [0.2, 0.25) is 0 Å². The third-order valence-electron chi connectivity index (χ3n) is 2.68. The predicted octanol–water partition coefficient (Wildman–Crippen LogP) is 2.89. The number of nitrogens with zero attached hydrogens (tertiary/aromatic N) is 1. The quantitative estimate of drug-likeness (QED) is 0.858. The molecule has 0 spiro atoms. The van der Waals surface area contributed by atoms with Crippen LogP contribution in [0.2, 0.25) is 0 Å². The maximum Gasteiger partial charge on any atom is 0.181 e. The average molecular weight is 218 g/mol. The molecule has 1 aromatic carbocycles. The monoisotopic (exact) mass is 218 g/mol. The second-order valence-corrected chi connectivity index (χ2v) is 5.00. The number of rotatable bonds is 4. The third kappa shape index (κ3) is 2.83. The molecule has 16 heavy (non-hydrogen) atoms. The lowest BCUT2D eigenvalue weighted by atomic mass is 9.97. The van der Waals surface area contributed by atoms with E-state index in [2.05, 4.69) is 31.0 Å². The molecule has 0 saturated carbocycles. The zero-order valence-corrected chi connectivity index (χ0v) is 9.86. The fraction of sp³-hybridized carbons (Fsp3) is 0.462. The van der Waals surface area contributed by atoms with Gasteiger partial charge in [0, 0.05) is 5.54 Å². The molecule has 0 aliphatic rings. The Morgan fingerprint density at radius 2 is 2.19 bits per heavy atom. The van der Waals surface area contributed by atoms with Gasteiger partial charge in [-0.2, -0.15) is 0 Å². The Morgan fingerprint density at radius 3 is 2.94 bits per heavy atom. The van der Waals surface area contributed by atoms with Gasteiger partial charge >= 0.3 is 0 Å². The lowest BCUT2D eigenvalue weighted by Crippen LogP contribution is -2.31. The zero-order chi connectivity index (χ0) is 11.6. The van der Waals surface area contributed by atoms with Crippen LogP contribution in [0, 0.1) is 0 Å². The van der Waals surface area contributed by atoms with E-state index in [1.165, 1.54) is 12.0 Å². The highest BCUT2D eigenvalue weighted by molar-refractivity contribution is 5.72. The minimum atomic E-state index is -0.0731. The van der Waals surface area contributed by atoms with E-state index in [0.29, 0.717) is 0 Å². The Balaban J connectivity index is 1.99. The van der Waals surface area contributed by atoms with Gasteiger partial charge in [-0.25, -0.2) is 4.98 Å². The van der Waals surface area contributed by atoms with E-state index in [0.717, 1.165) is 30.4 Å². The number of fused-ring (bicyclic) bond motifs is 1. The van der Waals surface area contributed by atoms with Crippen molar-refractivity contribution in [1.29, 1.82) is 0 Å². The summed E-state index contributed by atoms with van der Waals surface area (Å²) >= 11 is 0.